The fraction of sp³-hybridized carbons (Fsp3) is 0.0714. The van der Waals surface area contributed by atoms with Crippen molar-refractivity contribution in [2.45, 2.75) is 10.2 Å². The van der Waals surface area contributed by atoms with E-state index in [0.29, 0.717) is 15.2 Å². The van der Waals surface area contributed by atoms with Gasteiger partial charge < -0.3 is 4.57 Å². The molecule has 0 unspecified atom stereocenters. The van der Waals surface area contributed by atoms with E-state index in [1.807, 2.05) is 41.9 Å². The summed E-state index contributed by atoms with van der Waals surface area (Å²) in [7, 11) is 1.88. The first kappa shape index (κ1) is 14.5. The number of hydrogen-bond acceptors (Lipinski definition) is 6. The normalized spacial score (nSPS) is 10.4. The minimum absolute atomic E-state index is 0.282. The van der Waals surface area contributed by atoms with Gasteiger partial charge in [-0.1, -0.05) is 11.6 Å². The SMILES string of the molecule is Cn1c(Sc2ccc(C#N)nn2)nnc1-c1ccc(Cl)cc1. The third-order valence-electron chi connectivity index (χ3n) is 2.89. The van der Waals surface area contributed by atoms with E-state index in [1.165, 1.54) is 11.8 Å². The van der Waals surface area contributed by atoms with Gasteiger partial charge in [-0.15, -0.1) is 20.4 Å². The number of benzene rings is 1. The molecule has 0 aliphatic carbocycles. The molecule has 0 bridgehead atoms. The lowest BCUT2D eigenvalue weighted by atomic mass is 10.2. The molecule has 0 saturated carbocycles. The summed E-state index contributed by atoms with van der Waals surface area (Å²) in [6, 6.07) is 12.7. The Hall–Kier alpha value is -2.43. The van der Waals surface area contributed by atoms with E-state index in [4.69, 9.17) is 16.9 Å². The van der Waals surface area contributed by atoms with Crippen LogP contribution in [-0.4, -0.2) is 25.0 Å². The fourth-order valence-electron chi connectivity index (χ4n) is 1.78. The van der Waals surface area contributed by atoms with Gasteiger partial charge in [0.05, 0.1) is 0 Å². The molecule has 0 saturated heterocycles. The summed E-state index contributed by atoms with van der Waals surface area (Å²) in [5.41, 5.74) is 1.21. The van der Waals surface area contributed by atoms with E-state index in [1.54, 1.807) is 12.1 Å². The molecule has 2 heterocycles. The van der Waals surface area contributed by atoms with Crippen molar-refractivity contribution in [2.24, 2.45) is 7.05 Å². The number of hydrogen-bond donors (Lipinski definition) is 0. The molecule has 0 fully saturated rings. The second kappa shape index (κ2) is 6.13. The second-order valence-corrected chi connectivity index (χ2v) is 5.77. The highest BCUT2D eigenvalue weighted by Gasteiger charge is 2.12. The highest BCUT2D eigenvalue weighted by molar-refractivity contribution is 7.99. The third kappa shape index (κ3) is 2.93. The van der Waals surface area contributed by atoms with Gasteiger partial charge in [-0.05, 0) is 48.2 Å². The molecular weight excluding hydrogens is 320 g/mol. The monoisotopic (exact) mass is 328 g/mol. The van der Waals surface area contributed by atoms with E-state index in [2.05, 4.69) is 20.4 Å². The van der Waals surface area contributed by atoms with E-state index in [9.17, 15) is 0 Å². The molecule has 3 rings (SSSR count). The van der Waals surface area contributed by atoms with Gasteiger partial charge in [0.25, 0.3) is 0 Å². The molecule has 0 amide bonds. The lowest BCUT2D eigenvalue weighted by molar-refractivity contribution is 0.789. The van der Waals surface area contributed by atoms with Crippen LogP contribution in [0.25, 0.3) is 11.4 Å². The predicted octanol–water partition coefficient (Wildman–Crippen LogP) is 2.95. The van der Waals surface area contributed by atoms with E-state index < -0.39 is 0 Å². The van der Waals surface area contributed by atoms with Gasteiger partial charge in [0, 0.05) is 17.6 Å². The van der Waals surface area contributed by atoms with Crippen molar-refractivity contribution >= 4 is 23.4 Å². The summed E-state index contributed by atoms with van der Waals surface area (Å²) in [5.74, 6) is 0.737. The summed E-state index contributed by atoms with van der Waals surface area (Å²) < 4.78 is 1.87. The quantitative estimate of drug-likeness (QED) is 0.735. The first-order valence-corrected chi connectivity index (χ1v) is 7.44. The number of aromatic nitrogens is 5. The Morgan fingerprint density at radius 2 is 1.82 bits per heavy atom. The van der Waals surface area contributed by atoms with E-state index in [-0.39, 0.29) is 5.69 Å². The summed E-state index contributed by atoms with van der Waals surface area (Å²) in [6.07, 6.45) is 0. The molecule has 0 radical (unpaired) electrons. The molecule has 1 aromatic carbocycles. The van der Waals surface area contributed by atoms with Crippen LogP contribution < -0.4 is 0 Å². The highest BCUT2D eigenvalue weighted by Crippen LogP contribution is 2.27. The van der Waals surface area contributed by atoms with Crippen LogP contribution in [-0.2, 0) is 7.05 Å². The van der Waals surface area contributed by atoms with Crippen LogP contribution >= 0.6 is 23.4 Å². The number of nitrogens with zero attached hydrogens (tertiary/aromatic N) is 6. The molecule has 2 aromatic heterocycles. The highest BCUT2D eigenvalue weighted by atomic mass is 35.5. The van der Waals surface area contributed by atoms with Gasteiger partial charge in [-0.25, -0.2) is 0 Å². The van der Waals surface area contributed by atoms with Gasteiger partial charge in [0.15, 0.2) is 16.7 Å². The van der Waals surface area contributed by atoms with Crippen molar-refractivity contribution in [1.82, 2.24) is 25.0 Å². The van der Waals surface area contributed by atoms with Crippen LogP contribution in [0.1, 0.15) is 5.69 Å². The Morgan fingerprint density at radius 1 is 1.05 bits per heavy atom. The van der Waals surface area contributed by atoms with Crippen LogP contribution in [0.15, 0.2) is 46.6 Å². The molecule has 0 aliphatic heterocycles. The molecule has 22 heavy (non-hydrogen) atoms. The fourth-order valence-corrected chi connectivity index (χ4v) is 2.62. The number of halogens is 1. The summed E-state index contributed by atoms with van der Waals surface area (Å²) in [4.78, 5) is 0. The van der Waals surface area contributed by atoms with Gasteiger partial charge >= 0.3 is 0 Å². The summed E-state index contributed by atoms with van der Waals surface area (Å²) in [5, 5.41) is 26.8. The maximum Gasteiger partial charge on any atom is 0.197 e. The van der Waals surface area contributed by atoms with Crippen molar-refractivity contribution in [2.75, 3.05) is 0 Å². The number of nitriles is 1. The van der Waals surface area contributed by atoms with Crippen LogP contribution in [0.2, 0.25) is 5.02 Å². The Balaban J connectivity index is 1.86. The Labute approximate surface area is 135 Å². The molecule has 108 valence electrons. The van der Waals surface area contributed by atoms with Gasteiger partial charge in [0.1, 0.15) is 11.1 Å². The molecule has 0 atom stereocenters. The average Bonchev–Trinajstić information content (AvgIpc) is 2.90. The van der Waals surface area contributed by atoms with Gasteiger partial charge in [-0.2, -0.15) is 5.26 Å². The first-order valence-electron chi connectivity index (χ1n) is 6.24. The summed E-state index contributed by atoms with van der Waals surface area (Å²) in [6.45, 7) is 0. The maximum absolute atomic E-state index is 8.72. The molecule has 6 nitrogen and oxygen atoms in total. The van der Waals surface area contributed by atoms with Crippen molar-refractivity contribution in [1.29, 1.82) is 5.26 Å². The van der Waals surface area contributed by atoms with Crippen LogP contribution in [0.5, 0.6) is 0 Å². The third-order valence-corrected chi connectivity index (χ3v) is 4.10. The maximum atomic E-state index is 8.72. The van der Waals surface area contributed by atoms with Crippen molar-refractivity contribution < 1.29 is 0 Å². The zero-order chi connectivity index (χ0) is 15.5. The van der Waals surface area contributed by atoms with Crippen molar-refractivity contribution in [3.63, 3.8) is 0 Å². The summed E-state index contributed by atoms with van der Waals surface area (Å²) >= 11 is 7.22. The van der Waals surface area contributed by atoms with Crippen LogP contribution in [0.4, 0.5) is 0 Å². The van der Waals surface area contributed by atoms with E-state index >= 15 is 0 Å². The minimum atomic E-state index is 0.282. The van der Waals surface area contributed by atoms with Crippen LogP contribution in [0, 0.1) is 11.3 Å². The zero-order valence-corrected chi connectivity index (χ0v) is 13.0. The van der Waals surface area contributed by atoms with Gasteiger partial charge in [-0.3, -0.25) is 0 Å². The molecule has 3 aromatic rings. The zero-order valence-electron chi connectivity index (χ0n) is 11.4. The predicted molar refractivity (Wildman–Crippen MR) is 82.3 cm³/mol. The molecular formula is C14H9ClN6S. The topological polar surface area (TPSA) is 80.3 Å². The van der Waals surface area contributed by atoms with Crippen molar-refractivity contribution in [3.05, 3.63) is 47.1 Å². The standard InChI is InChI=1S/C14H9ClN6S/c1-21-13(9-2-4-10(15)5-3-9)19-20-14(21)22-12-7-6-11(8-16)17-18-12/h2-7H,1H3. The minimum Gasteiger partial charge on any atom is -0.305 e. The van der Waals surface area contributed by atoms with Crippen molar-refractivity contribution in [3.8, 4) is 17.5 Å². The Morgan fingerprint density at radius 3 is 2.45 bits per heavy atom. The number of rotatable bonds is 3. The molecule has 0 aliphatic rings. The first-order chi connectivity index (χ1) is 10.7. The second-order valence-electron chi connectivity index (χ2n) is 4.34. The lowest BCUT2D eigenvalue weighted by Crippen LogP contribution is -1.95. The molecule has 0 N–H and O–H groups in total. The Kier molecular flexibility index (Phi) is 4.04. The molecule has 0 spiro atoms. The van der Waals surface area contributed by atoms with Crippen LogP contribution in [0.3, 0.4) is 0 Å². The Bertz CT molecular complexity index is 835. The smallest absolute Gasteiger partial charge is 0.197 e. The lowest BCUT2D eigenvalue weighted by Gasteiger charge is -2.03. The largest absolute Gasteiger partial charge is 0.305 e. The average molecular weight is 329 g/mol. The van der Waals surface area contributed by atoms with E-state index in [0.717, 1.165) is 11.4 Å². The molecule has 8 heteroatoms. The van der Waals surface area contributed by atoms with Gasteiger partial charge in [0.2, 0.25) is 0 Å².